The van der Waals surface area contributed by atoms with Crippen LogP contribution in [0, 0.1) is 0 Å². The first kappa shape index (κ1) is 29.5. The topological polar surface area (TPSA) is 8.17 Å². The van der Waals surface area contributed by atoms with Gasteiger partial charge in [0, 0.05) is 33.5 Å². The van der Waals surface area contributed by atoms with Crippen molar-refractivity contribution in [3.63, 3.8) is 0 Å². The Morgan fingerprint density at radius 2 is 0.820 bits per heavy atom. The Morgan fingerprint density at radius 3 is 1.50 bits per heavy atom. The molecule has 2 nitrogen and oxygen atoms in total. The molecular weight excluding hydrogens is 605 g/mol. The predicted octanol–water partition coefficient (Wildman–Crippen LogP) is 13.3. The van der Waals surface area contributed by atoms with E-state index in [1.54, 1.807) is 0 Å². The summed E-state index contributed by atoms with van der Waals surface area (Å²) in [4.78, 5) is 2.35. The second-order valence-corrected chi connectivity index (χ2v) is 12.6. The number of hydrogen-bond acceptors (Lipinski definition) is 1. The van der Waals surface area contributed by atoms with Crippen LogP contribution in [0.2, 0.25) is 0 Å². The molecule has 2 heteroatoms. The van der Waals surface area contributed by atoms with Gasteiger partial charge in [-0.1, -0.05) is 146 Å². The molecule has 0 radical (unpaired) electrons. The second kappa shape index (κ2) is 12.8. The molecule has 0 unspecified atom stereocenters. The molecule has 0 saturated carbocycles. The van der Waals surface area contributed by atoms with Crippen LogP contribution < -0.4 is 4.90 Å². The molecule has 0 aliphatic carbocycles. The minimum Gasteiger partial charge on any atom is -0.310 e. The van der Waals surface area contributed by atoms with Gasteiger partial charge in [0.15, 0.2) is 0 Å². The molecule has 236 valence electrons. The Labute approximate surface area is 292 Å². The first-order valence-electron chi connectivity index (χ1n) is 17.1. The van der Waals surface area contributed by atoms with Crippen molar-refractivity contribution in [1.29, 1.82) is 0 Å². The van der Waals surface area contributed by atoms with Gasteiger partial charge in [-0.3, -0.25) is 0 Å². The molecule has 50 heavy (non-hydrogen) atoms. The van der Waals surface area contributed by atoms with Crippen LogP contribution in [-0.4, -0.2) is 4.57 Å². The van der Waals surface area contributed by atoms with Gasteiger partial charge in [-0.15, -0.1) is 0 Å². The summed E-state index contributed by atoms with van der Waals surface area (Å²) in [7, 11) is 0. The van der Waals surface area contributed by atoms with Crippen LogP contribution in [0.5, 0.6) is 0 Å². The van der Waals surface area contributed by atoms with Gasteiger partial charge in [-0.25, -0.2) is 0 Å². The van der Waals surface area contributed by atoms with Crippen molar-refractivity contribution >= 4 is 38.9 Å². The number of fused-ring (bicyclic) bond motifs is 3. The lowest BCUT2D eigenvalue weighted by molar-refractivity contribution is 1.18. The van der Waals surface area contributed by atoms with Crippen molar-refractivity contribution in [1.82, 2.24) is 4.57 Å². The normalized spacial score (nSPS) is 11.2. The molecule has 0 fully saturated rings. The van der Waals surface area contributed by atoms with Crippen LogP contribution in [0.15, 0.2) is 206 Å². The lowest BCUT2D eigenvalue weighted by atomic mass is 9.98. The summed E-state index contributed by atoms with van der Waals surface area (Å²) in [5, 5.41) is 2.52. The van der Waals surface area contributed by atoms with E-state index < -0.39 is 0 Å². The fourth-order valence-electron chi connectivity index (χ4n) is 7.24. The number of anilines is 3. The number of benzene rings is 8. The Morgan fingerprint density at radius 1 is 0.320 bits per heavy atom. The summed E-state index contributed by atoms with van der Waals surface area (Å²) >= 11 is 0. The SMILES string of the molecule is c1ccc(-c2ccc(N(c3ccc(-c4cccc5c4c4ccccc4n5-c4ccccc4)cc3)c3cccc(-c4ccccc4)c3)cc2)cc1. The molecule has 1 heterocycles. The van der Waals surface area contributed by atoms with Crippen molar-refractivity contribution < 1.29 is 0 Å². The molecule has 0 amide bonds. The largest absolute Gasteiger partial charge is 0.310 e. The number of nitrogens with zero attached hydrogens (tertiary/aromatic N) is 2. The minimum absolute atomic E-state index is 1.10. The first-order valence-corrected chi connectivity index (χ1v) is 17.1. The fourth-order valence-corrected chi connectivity index (χ4v) is 7.24. The number of hydrogen-bond donors (Lipinski definition) is 0. The monoisotopic (exact) mass is 638 g/mol. The second-order valence-electron chi connectivity index (χ2n) is 12.6. The summed E-state index contributed by atoms with van der Waals surface area (Å²) < 4.78 is 2.38. The number of para-hydroxylation sites is 2. The Hall–Kier alpha value is -6.64. The van der Waals surface area contributed by atoms with E-state index in [0.717, 1.165) is 22.7 Å². The molecule has 0 spiro atoms. The summed E-state index contributed by atoms with van der Waals surface area (Å²) in [6.45, 7) is 0. The van der Waals surface area contributed by atoms with E-state index in [1.165, 1.54) is 55.2 Å². The molecule has 9 aromatic rings. The quantitative estimate of drug-likeness (QED) is 0.169. The molecule has 0 aliphatic heterocycles. The summed E-state index contributed by atoms with van der Waals surface area (Å²) in [6, 6.07) is 74.0. The smallest absolute Gasteiger partial charge is 0.0547 e. The lowest BCUT2D eigenvalue weighted by Gasteiger charge is -2.26. The van der Waals surface area contributed by atoms with Gasteiger partial charge in [0.25, 0.3) is 0 Å². The van der Waals surface area contributed by atoms with Crippen LogP contribution in [0.25, 0.3) is 60.9 Å². The van der Waals surface area contributed by atoms with Gasteiger partial charge in [0.2, 0.25) is 0 Å². The van der Waals surface area contributed by atoms with Crippen molar-refractivity contribution in [3.8, 4) is 39.1 Å². The maximum Gasteiger partial charge on any atom is 0.0547 e. The zero-order valence-electron chi connectivity index (χ0n) is 27.5. The maximum absolute atomic E-state index is 2.38. The Bertz CT molecular complexity index is 2550. The molecule has 1 aromatic heterocycles. The van der Waals surface area contributed by atoms with Gasteiger partial charge in [-0.2, -0.15) is 0 Å². The molecule has 0 aliphatic rings. The molecule has 0 bridgehead atoms. The fraction of sp³-hybridized carbons (Fsp3) is 0. The van der Waals surface area contributed by atoms with Crippen LogP contribution >= 0.6 is 0 Å². The van der Waals surface area contributed by atoms with Crippen LogP contribution in [-0.2, 0) is 0 Å². The highest BCUT2D eigenvalue weighted by Gasteiger charge is 2.18. The average molecular weight is 639 g/mol. The van der Waals surface area contributed by atoms with Gasteiger partial charge in [0.05, 0.1) is 11.0 Å². The van der Waals surface area contributed by atoms with Crippen LogP contribution in [0.3, 0.4) is 0 Å². The Kier molecular flexibility index (Phi) is 7.53. The van der Waals surface area contributed by atoms with E-state index in [1.807, 2.05) is 0 Å². The molecule has 0 atom stereocenters. The number of rotatable bonds is 7. The maximum atomic E-state index is 2.38. The predicted molar refractivity (Wildman–Crippen MR) is 212 cm³/mol. The summed E-state index contributed by atoms with van der Waals surface area (Å²) in [5.41, 5.74) is 14.1. The summed E-state index contributed by atoms with van der Waals surface area (Å²) in [5.74, 6) is 0. The van der Waals surface area contributed by atoms with Crippen molar-refractivity contribution in [2.24, 2.45) is 0 Å². The zero-order valence-corrected chi connectivity index (χ0v) is 27.5. The lowest BCUT2D eigenvalue weighted by Crippen LogP contribution is -2.10. The van der Waals surface area contributed by atoms with Crippen LogP contribution in [0.1, 0.15) is 0 Å². The third-order valence-corrected chi connectivity index (χ3v) is 9.59. The third kappa shape index (κ3) is 5.34. The molecule has 9 rings (SSSR count). The van der Waals surface area contributed by atoms with Gasteiger partial charge < -0.3 is 9.47 Å². The van der Waals surface area contributed by atoms with Crippen molar-refractivity contribution in [3.05, 3.63) is 206 Å². The molecular formula is C48H34N2. The van der Waals surface area contributed by atoms with E-state index >= 15 is 0 Å². The third-order valence-electron chi connectivity index (χ3n) is 9.59. The minimum atomic E-state index is 1.10. The highest BCUT2D eigenvalue weighted by Crippen LogP contribution is 2.41. The van der Waals surface area contributed by atoms with Crippen molar-refractivity contribution in [2.45, 2.75) is 0 Å². The Balaban J connectivity index is 1.16. The van der Waals surface area contributed by atoms with E-state index in [-0.39, 0.29) is 0 Å². The van der Waals surface area contributed by atoms with E-state index in [2.05, 4.69) is 216 Å². The van der Waals surface area contributed by atoms with Gasteiger partial charge >= 0.3 is 0 Å². The molecule has 0 N–H and O–H groups in total. The highest BCUT2D eigenvalue weighted by atomic mass is 15.1. The average Bonchev–Trinajstić information content (AvgIpc) is 3.54. The van der Waals surface area contributed by atoms with E-state index in [0.29, 0.717) is 0 Å². The highest BCUT2D eigenvalue weighted by molar-refractivity contribution is 6.15. The molecule has 0 saturated heterocycles. The summed E-state index contributed by atoms with van der Waals surface area (Å²) in [6.07, 6.45) is 0. The van der Waals surface area contributed by atoms with Gasteiger partial charge in [-0.05, 0) is 94.0 Å². The van der Waals surface area contributed by atoms with Crippen molar-refractivity contribution in [2.75, 3.05) is 4.90 Å². The van der Waals surface area contributed by atoms with Gasteiger partial charge in [0.1, 0.15) is 0 Å². The number of aromatic nitrogens is 1. The first-order chi connectivity index (χ1) is 24.8. The zero-order chi connectivity index (χ0) is 33.3. The standard InChI is InChI=1S/C48H34N2/c1-4-14-35(15-5-1)37-26-30-41(31-27-37)49(43-21-12-18-39(34-43)36-16-6-2-7-17-36)42-32-28-38(29-33-42)44-23-13-25-47-48(44)45-22-10-11-24-46(45)50(47)40-19-8-3-9-20-40/h1-34H. The molecule has 8 aromatic carbocycles. The van der Waals surface area contributed by atoms with Crippen LogP contribution in [0.4, 0.5) is 17.1 Å². The van der Waals surface area contributed by atoms with E-state index in [4.69, 9.17) is 0 Å². The van der Waals surface area contributed by atoms with E-state index in [9.17, 15) is 0 Å².